The second-order valence-corrected chi connectivity index (χ2v) is 4.94. The summed E-state index contributed by atoms with van der Waals surface area (Å²) in [7, 11) is 0. The van der Waals surface area contributed by atoms with Crippen molar-refractivity contribution >= 4 is 17.5 Å². The van der Waals surface area contributed by atoms with Gasteiger partial charge in [-0.2, -0.15) is 0 Å². The van der Waals surface area contributed by atoms with Gasteiger partial charge in [-0.25, -0.2) is 4.79 Å². The van der Waals surface area contributed by atoms with Crippen molar-refractivity contribution in [2.75, 3.05) is 23.8 Å². The molecule has 0 atom stereocenters. The highest BCUT2D eigenvalue weighted by molar-refractivity contribution is 5.84. The molecule has 2 rings (SSSR count). The van der Waals surface area contributed by atoms with Crippen molar-refractivity contribution in [1.29, 1.82) is 0 Å². The molecule has 0 heterocycles. The Bertz CT molecular complexity index is 567. The summed E-state index contributed by atoms with van der Waals surface area (Å²) >= 11 is 0. The Morgan fingerprint density at radius 3 is 2.36 bits per heavy atom. The number of hydrogen-bond acceptors (Lipinski definition) is 3. The highest BCUT2D eigenvalue weighted by Crippen LogP contribution is 2.14. The largest absolute Gasteiger partial charge is 0.450 e. The van der Waals surface area contributed by atoms with E-state index in [-0.39, 0.29) is 0 Å². The molecule has 4 nitrogen and oxygen atoms in total. The fourth-order valence-electron chi connectivity index (χ4n) is 2.13. The number of carbonyl (C=O) groups excluding carboxylic acids is 1. The maximum absolute atomic E-state index is 11.3. The van der Waals surface area contributed by atoms with E-state index in [0.29, 0.717) is 6.61 Å². The number of carbonyl (C=O) groups is 1. The fourth-order valence-corrected chi connectivity index (χ4v) is 2.13. The molecule has 0 aromatic heterocycles. The van der Waals surface area contributed by atoms with E-state index in [9.17, 15) is 4.79 Å². The molecule has 0 aliphatic rings. The summed E-state index contributed by atoms with van der Waals surface area (Å²) in [6.07, 6.45) is 1.72. The summed E-state index contributed by atoms with van der Waals surface area (Å²) in [5.74, 6) is 0. The first-order valence-corrected chi connectivity index (χ1v) is 7.59. The van der Waals surface area contributed by atoms with Gasteiger partial charge in [-0.05, 0) is 49.6 Å². The van der Waals surface area contributed by atoms with E-state index in [4.69, 9.17) is 4.74 Å². The predicted molar refractivity (Wildman–Crippen MR) is 90.3 cm³/mol. The van der Waals surface area contributed by atoms with E-state index in [0.717, 1.165) is 30.8 Å². The van der Waals surface area contributed by atoms with Gasteiger partial charge in [-0.15, -0.1) is 0 Å². The molecule has 1 amide bonds. The molecule has 0 bridgehead atoms. The lowest BCUT2D eigenvalue weighted by atomic mass is 10.1. The van der Waals surface area contributed by atoms with Crippen LogP contribution in [0.15, 0.2) is 54.6 Å². The van der Waals surface area contributed by atoms with Gasteiger partial charge >= 0.3 is 6.09 Å². The third-order valence-electron chi connectivity index (χ3n) is 3.22. The number of rotatable bonds is 7. The lowest BCUT2D eigenvalue weighted by molar-refractivity contribution is 0.168. The maximum Gasteiger partial charge on any atom is 0.411 e. The van der Waals surface area contributed by atoms with Crippen molar-refractivity contribution in [1.82, 2.24) is 0 Å². The first-order chi connectivity index (χ1) is 10.8. The fraction of sp³-hybridized carbons (Fsp3) is 0.278. The minimum absolute atomic E-state index is 0.368. The summed E-state index contributed by atoms with van der Waals surface area (Å²) in [4.78, 5) is 11.3. The molecule has 0 saturated carbocycles. The normalized spacial score (nSPS) is 10.0. The number of aryl methyl sites for hydroxylation is 1. The Kier molecular flexibility index (Phi) is 6.30. The number of nitrogens with one attached hydrogen (secondary N) is 2. The third-order valence-corrected chi connectivity index (χ3v) is 3.22. The van der Waals surface area contributed by atoms with Crippen LogP contribution in [0.3, 0.4) is 0 Å². The Labute approximate surface area is 131 Å². The highest BCUT2D eigenvalue weighted by atomic mass is 16.5. The second-order valence-electron chi connectivity index (χ2n) is 4.94. The van der Waals surface area contributed by atoms with Gasteiger partial charge in [-0.1, -0.05) is 30.3 Å². The van der Waals surface area contributed by atoms with E-state index in [1.165, 1.54) is 5.56 Å². The first kappa shape index (κ1) is 15.9. The minimum Gasteiger partial charge on any atom is -0.450 e. The van der Waals surface area contributed by atoms with Gasteiger partial charge in [0.15, 0.2) is 0 Å². The molecule has 0 saturated heterocycles. The molecule has 22 heavy (non-hydrogen) atoms. The third kappa shape index (κ3) is 5.48. The summed E-state index contributed by atoms with van der Waals surface area (Å²) < 4.78 is 4.83. The molecule has 0 spiro atoms. The molecule has 0 radical (unpaired) electrons. The molecule has 0 unspecified atom stereocenters. The predicted octanol–water partition coefficient (Wildman–Crippen LogP) is 4.30. The Morgan fingerprint density at radius 1 is 1.00 bits per heavy atom. The van der Waals surface area contributed by atoms with Crippen LogP contribution in [0.25, 0.3) is 0 Å². The smallest absolute Gasteiger partial charge is 0.411 e. The maximum atomic E-state index is 11.3. The van der Waals surface area contributed by atoms with E-state index in [2.05, 4.69) is 34.9 Å². The first-order valence-electron chi connectivity index (χ1n) is 7.59. The second kappa shape index (κ2) is 8.72. The van der Waals surface area contributed by atoms with Crippen LogP contribution in [0.5, 0.6) is 0 Å². The lowest BCUT2D eigenvalue weighted by Crippen LogP contribution is -2.13. The average Bonchev–Trinajstić information content (AvgIpc) is 2.54. The van der Waals surface area contributed by atoms with Gasteiger partial charge < -0.3 is 10.1 Å². The van der Waals surface area contributed by atoms with Gasteiger partial charge in [0, 0.05) is 17.9 Å². The van der Waals surface area contributed by atoms with Crippen LogP contribution in [0, 0.1) is 0 Å². The van der Waals surface area contributed by atoms with Crippen molar-refractivity contribution in [2.24, 2.45) is 0 Å². The minimum atomic E-state index is -0.425. The van der Waals surface area contributed by atoms with E-state index >= 15 is 0 Å². The van der Waals surface area contributed by atoms with Crippen LogP contribution in [-0.2, 0) is 11.2 Å². The standard InChI is InChI=1S/C18H22N2O2/c1-2-22-18(21)20-17-12-10-16(11-13-17)19-14-6-9-15-7-4-3-5-8-15/h3-5,7-8,10-13,19H,2,6,9,14H2,1H3,(H,20,21). The zero-order chi connectivity index (χ0) is 15.6. The zero-order valence-electron chi connectivity index (χ0n) is 12.8. The number of hydrogen-bond donors (Lipinski definition) is 2. The molecule has 4 heteroatoms. The van der Waals surface area contributed by atoms with Crippen LogP contribution in [-0.4, -0.2) is 19.2 Å². The molecule has 0 aliphatic carbocycles. The van der Waals surface area contributed by atoms with Crippen LogP contribution in [0.4, 0.5) is 16.2 Å². The average molecular weight is 298 g/mol. The van der Waals surface area contributed by atoms with E-state index in [1.807, 2.05) is 30.3 Å². The SMILES string of the molecule is CCOC(=O)Nc1ccc(NCCCc2ccccc2)cc1. The monoisotopic (exact) mass is 298 g/mol. The number of anilines is 2. The Balaban J connectivity index is 1.71. The van der Waals surface area contributed by atoms with Crippen molar-refractivity contribution in [3.05, 3.63) is 60.2 Å². The van der Waals surface area contributed by atoms with Gasteiger partial charge in [0.1, 0.15) is 0 Å². The number of benzene rings is 2. The van der Waals surface area contributed by atoms with Crippen molar-refractivity contribution in [2.45, 2.75) is 19.8 Å². The summed E-state index contributed by atoms with van der Waals surface area (Å²) in [5.41, 5.74) is 3.13. The van der Waals surface area contributed by atoms with Crippen LogP contribution in [0.1, 0.15) is 18.9 Å². The van der Waals surface area contributed by atoms with E-state index < -0.39 is 6.09 Å². The topological polar surface area (TPSA) is 50.4 Å². The van der Waals surface area contributed by atoms with Crippen molar-refractivity contribution in [3.8, 4) is 0 Å². The van der Waals surface area contributed by atoms with Gasteiger partial charge in [0.2, 0.25) is 0 Å². The summed E-state index contributed by atoms with van der Waals surface area (Å²) in [6.45, 7) is 3.06. The molecule has 0 fully saturated rings. The van der Waals surface area contributed by atoms with Gasteiger partial charge in [-0.3, -0.25) is 5.32 Å². The Hall–Kier alpha value is -2.49. The molecule has 2 N–H and O–H groups in total. The van der Waals surface area contributed by atoms with Crippen LogP contribution in [0.2, 0.25) is 0 Å². The summed E-state index contributed by atoms with van der Waals surface area (Å²) in [5, 5.41) is 6.05. The molecule has 2 aromatic rings. The summed E-state index contributed by atoms with van der Waals surface area (Å²) in [6, 6.07) is 18.1. The van der Waals surface area contributed by atoms with Gasteiger partial charge in [0.05, 0.1) is 6.61 Å². The Morgan fingerprint density at radius 2 is 1.68 bits per heavy atom. The van der Waals surface area contributed by atoms with Crippen LogP contribution >= 0.6 is 0 Å². The molecular weight excluding hydrogens is 276 g/mol. The van der Waals surface area contributed by atoms with Crippen molar-refractivity contribution < 1.29 is 9.53 Å². The molecular formula is C18H22N2O2. The zero-order valence-corrected chi connectivity index (χ0v) is 12.8. The number of ether oxygens (including phenoxy) is 1. The van der Waals surface area contributed by atoms with Crippen molar-refractivity contribution in [3.63, 3.8) is 0 Å². The number of amides is 1. The van der Waals surface area contributed by atoms with Gasteiger partial charge in [0.25, 0.3) is 0 Å². The molecule has 116 valence electrons. The molecule has 2 aromatic carbocycles. The van der Waals surface area contributed by atoms with Crippen LogP contribution < -0.4 is 10.6 Å². The highest BCUT2D eigenvalue weighted by Gasteiger charge is 2.01. The lowest BCUT2D eigenvalue weighted by Gasteiger charge is -2.08. The van der Waals surface area contributed by atoms with E-state index in [1.54, 1.807) is 6.92 Å². The quantitative estimate of drug-likeness (QED) is 0.749. The molecule has 0 aliphatic heterocycles.